The van der Waals surface area contributed by atoms with Gasteiger partial charge in [-0.25, -0.2) is 0 Å². The van der Waals surface area contributed by atoms with E-state index in [1.165, 1.54) is 7.11 Å². The molecule has 0 saturated carbocycles. The van der Waals surface area contributed by atoms with Gasteiger partial charge in [0, 0.05) is 17.0 Å². The quantitative estimate of drug-likeness (QED) is 0.617. The van der Waals surface area contributed by atoms with Gasteiger partial charge in [-0.05, 0) is 44.2 Å². The van der Waals surface area contributed by atoms with Crippen molar-refractivity contribution in [3.05, 3.63) is 54.1 Å². The monoisotopic (exact) mass is 394 g/mol. The number of methoxy groups -OCH3 is 1. The Morgan fingerprint density at radius 3 is 2.48 bits per heavy atom. The lowest BCUT2D eigenvalue weighted by molar-refractivity contribution is -0.117. The molecule has 0 bridgehead atoms. The zero-order valence-corrected chi connectivity index (χ0v) is 16.4. The van der Waals surface area contributed by atoms with Crippen LogP contribution in [-0.4, -0.2) is 35.1 Å². The van der Waals surface area contributed by atoms with Gasteiger partial charge in [0.25, 0.3) is 11.8 Å². The molecule has 0 aliphatic heterocycles. The van der Waals surface area contributed by atoms with Gasteiger partial charge in [-0.3, -0.25) is 9.59 Å². The van der Waals surface area contributed by atoms with Crippen LogP contribution >= 0.6 is 0 Å². The third-order valence-corrected chi connectivity index (χ3v) is 4.39. The maximum atomic E-state index is 12.1. The van der Waals surface area contributed by atoms with Crippen molar-refractivity contribution in [2.45, 2.75) is 19.9 Å². The number of fused-ring (bicyclic) bond motifs is 1. The second-order valence-electron chi connectivity index (χ2n) is 6.66. The van der Waals surface area contributed by atoms with Crippen LogP contribution in [0.2, 0.25) is 0 Å². The van der Waals surface area contributed by atoms with E-state index in [0.29, 0.717) is 16.7 Å². The largest absolute Gasteiger partial charge is 0.497 e. The van der Waals surface area contributed by atoms with Crippen molar-refractivity contribution >= 4 is 28.4 Å². The molecule has 8 heteroatoms. The standard InChI is InChI=1S/C21H22N4O4/c1-13(2)25-17-7-5-4-6-16(17)19(21(25)28)24-23-18(26)12-22-20(27)14-8-10-15(29-3)11-9-14/h4-11,13,28H,12H2,1-3H3,(H,22,27). The number of benzene rings is 2. The van der Waals surface area contributed by atoms with Crippen LogP contribution in [0, 0.1) is 0 Å². The summed E-state index contributed by atoms with van der Waals surface area (Å²) in [5.74, 6) is -0.463. The molecule has 2 N–H and O–H groups in total. The first kappa shape index (κ1) is 20.1. The molecular formula is C21H22N4O4. The van der Waals surface area contributed by atoms with Crippen LogP contribution in [0.5, 0.6) is 11.6 Å². The van der Waals surface area contributed by atoms with Crippen LogP contribution in [0.15, 0.2) is 58.8 Å². The summed E-state index contributed by atoms with van der Waals surface area (Å²) in [4.78, 5) is 24.2. The average Bonchev–Trinajstić information content (AvgIpc) is 3.01. The smallest absolute Gasteiger partial charge is 0.283 e. The molecule has 0 radical (unpaired) electrons. The van der Waals surface area contributed by atoms with Crippen molar-refractivity contribution in [3.63, 3.8) is 0 Å². The lowest BCUT2D eigenvalue weighted by Crippen LogP contribution is -2.28. The number of azo groups is 1. The molecule has 29 heavy (non-hydrogen) atoms. The van der Waals surface area contributed by atoms with E-state index in [2.05, 4.69) is 15.5 Å². The van der Waals surface area contributed by atoms with Gasteiger partial charge in [-0.1, -0.05) is 18.2 Å². The molecule has 0 aliphatic carbocycles. The van der Waals surface area contributed by atoms with Crippen molar-refractivity contribution in [3.8, 4) is 11.6 Å². The Morgan fingerprint density at radius 2 is 1.83 bits per heavy atom. The molecule has 1 aromatic heterocycles. The van der Waals surface area contributed by atoms with Crippen LogP contribution in [0.4, 0.5) is 5.69 Å². The van der Waals surface area contributed by atoms with Gasteiger partial charge >= 0.3 is 0 Å². The fraction of sp³-hybridized carbons (Fsp3) is 0.238. The summed E-state index contributed by atoms with van der Waals surface area (Å²) in [5.41, 5.74) is 1.42. The molecule has 0 fully saturated rings. The Hall–Kier alpha value is -3.68. The summed E-state index contributed by atoms with van der Waals surface area (Å²) in [6.07, 6.45) is 0. The number of carbonyl (C=O) groups is 2. The number of aromatic nitrogens is 1. The van der Waals surface area contributed by atoms with Crippen molar-refractivity contribution in [1.29, 1.82) is 0 Å². The molecule has 0 atom stereocenters. The maximum Gasteiger partial charge on any atom is 0.283 e. The normalized spacial score (nSPS) is 11.3. The predicted octanol–water partition coefficient (Wildman–Crippen LogP) is 3.98. The van der Waals surface area contributed by atoms with Crippen molar-refractivity contribution in [2.24, 2.45) is 10.2 Å². The number of ether oxygens (including phenoxy) is 1. The highest BCUT2D eigenvalue weighted by Crippen LogP contribution is 2.40. The van der Waals surface area contributed by atoms with Crippen molar-refractivity contribution < 1.29 is 19.4 Å². The second kappa shape index (κ2) is 8.55. The minimum atomic E-state index is -0.632. The van der Waals surface area contributed by atoms with Gasteiger partial charge in [-0.15, -0.1) is 10.2 Å². The highest BCUT2D eigenvalue weighted by Gasteiger charge is 2.18. The Bertz CT molecular complexity index is 1070. The van der Waals surface area contributed by atoms with Gasteiger partial charge < -0.3 is 19.7 Å². The van der Waals surface area contributed by atoms with Gasteiger partial charge in [-0.2, -0.15) is 0 Å². The highest BCUT2D eigenvalue weighted by atomic mass is 16.5. The third kappa shape index (κ3) is 4.26. The number of amides is 2. The van der Waals surface area contributed by atoms with Gasteiger partial charge in [0.2, 0.25) is 5.88 Å². The van der Waals surface area contributed by atoms with E-state index < -0.39 is 11.8 Å². The number of rotatable bonds is 6. The summed E-state index contributed by atoms with van der Waals surface area (Å²) >= 11 is 0. The molecular weight excluding hydrogens is 372 g/mol. The number of carbonyl (C=O) groups excluding carboxylic acids is 2. The first-order chi connectivity index (χ1) is 13.9. The lowest BCUT2D eigenvalue weighted by Gasteiger charge is -2.10. The lowest BCUT2D eigenvalue weighted by atomic mass is 10.2. The van der Waals surface area contributed by atoms with E-state index in [9.17, 15) is 14.7 Å². The minimum Gasteiger partial charge on any atom is -0.497 e. The van der Waals surface area contributed by atoms with E-state index in [-0.39, 0.29) is 24.2 Å². The zero-order chi connectivity index (χ0) is 21.0. The van der Waals surface area contributed by atoms with Crippen LogP contribution in [0.1, 0.15) is 30.2 Å². The SMILES string of the molecule is COc1ccc(C(=O)NCC(=O)N=Nc2c(O)n(C(C)C)c3ccccc23)cc1. The van der Waals surface area contributed by atoms with E-state index in [0.717, 1.165) is 5.52 Å². The minimum absolute atomic E-state index is 0.00309. The molecule has 2 amide bonds. The number of nitrogens with zero attached hydrogens (tertiary/aromatic N) is 3. The van der Waals surface area contributed by atoms with Crippen molar-refractivity contribution in [1.82, 2.24) is 9.88 Å². The first-order valence-corrected chi connectivity index (χ1v) is 9.11. The maximum absolute atomic E-state index is 12.1. The highest BCUT2D eigenvalue weighted by molar-refractivity contribution is 5.97. The molecule has 0 unspecified atom stereocenters. The fourth-order valence-corrected chi connectivity index (χ4v) is 3.00. The Balaban J connectivity index is 1.71. The molecule has 150 valence electrons. The molecule has 0 saturated heterocycles. The molecule has 2 aromatic carbocycles. The van der Waals surface area contributed by atoms with Crippen LogP contribution in [-0.2, 0) is 4.79 Å². The number of nitrogens with one attached hydrogen (secondary N) is 1. The number of hydrogen-bond donors (Lipinski definition) is 2. The summed E-state index contributed by atoms with van der Waals surface area (Å²) < 4.78 is 6.76. The molecule has 0 spiro atoms. The first-order valence-electron chi connectivity index (χ1n) is 9.11. The van der Waals surface area contributed by atoms with E-state index in [1.54, 1.807) is 34.9 Å². The summed E-state index contributed by atoms with van der Waals surface area (Å²) in [6, 6.07) is 13.9. The van der Waals surface area contributed by atoms with Crippen LogP contribution in [0.3, 0.4) is 0 Å². The molecule has 3 aromatic rings. The van der Waals surface area contributed by atoms with E-state index in [1.807, 2.05) is 32.0 Å². The predicted molar refractivity (Wildman–Crippen MR) is 109 cm³/mol. The van der Waals surface area contributed by atoms with Gasteiger partial charge in [0.15, 0.2) is 5.69 Å². The van der Waals surface area contributed by atoms with Gasteiger partial charge in [0.05, 0.1) is 12.6 Å². The zero-order valence-electron chi connectivity index (χ0n) is 16.4. The van der Waals surface area contributed by atoms with Crippen LogP contribution < -0.4 is 10.1 Å². The van der Waals surface area contributed by atoms with Gasteiger partial charge in [0.1, 0.15) is 12.3 Å². The summed E-state index contributed by atoms with van der Waals surface area (Å²) in [6.45, 7) is 3.57. The number of aromatic hydroxyl groups is 1. The Kier molecular flexibility index (Phi) is 5.92. The van der Waals surface area contributed by atoms with E-state index in [4.69, 9.17) is 4.74 Å². The van der Waals surface area contributed by atoms with Crippen LogP contribution in [0.25, 0.3) is 10.9 Å². The number of hydrogen-bond acceptors (Lipinski definition) is 5. The van der Waals surface area contributed by atoms with Crippen molar-refractivity contribution in [2.75, 3.05) is 13.7 Å². The third-order valence-electron chi connectivity index (χ3n) is 4.39. The molecule has 8 nitrogen and oxygen atoms in total. The summed E-state index contributed by atoms with van der Waals surface area (Å²) in [7, 11) is 1.54. The number of para-hydroxylation sites is 1. The average molecular weight is 394 g/mol. The molecule has 0 aliphatic rings. The second-order valence-corrected chi connectivity index (χ2v) is 6.66. The molecule has 3 rings (SSSR count). The van der Waals surface area contributed by atoms with E-state index >= 15 is 0 Å². The molecule has 1 heterocycles. The Morgan fingerprint density at radius 1 is 1.14 bits per heavy atom. The fourth-order valence-electron chi connectivity index (χ4n) is 3.00. The Labute approximate surface area is 167 Å². The summed E-state index contributed by atoms with van der Waals surface area (Å²) in [5, 5.41) is 21.3. The topological polar surface area (TPSA) is 105 Å².